The molecule has 0 radical (unpaired) electrons. The van der Waals surface area contributed by atoms with E-state index in [1.54, 1.807) is 18.2 Å². The van der Waals surface area contributed by atoms with Gasteiger partial charge in [-0.3, -0.25) is 9.59 Å². The molecule has 1 aliphatic heterocycles. The van der Waals surface area contributed by atoms with Crippen LogP contribution >= 0.6 is 0 Å². The lowest BCUT2D eigenvalue weighted by Gasteiger charge is -2.42. The zero-order chi connectivity index (χ0) is 15.0. The zero-order valence-electron chi connectivity index (χ0n) is 11.9. The SMILES string of the molecule is CCOC1CC(N)C1NC(=O)c1ccc2c(c1)CC(=O)N2. The van der Waals surface area contributed by atoms with Crippen molar-refractivity contribution in [1.82, 2.24) is 5.32 Å². The lowest BCUT2D eigenvalue weighted by molar-refractivity contribution is -0.115. The molecule has 1 aliphatic carbocycles. The molecule has 1 saturated carbocycles. The van der Waals surface area contributed by atoms with Gasteiger partial charge in [0.25, 0.3) is 5.91 Å². The van der Waals surface area contributed by atoms with Crippen LogP contribution < -0.4 is 16.4 Å². The summed E-state index contributed by atoms with van der Waals surface area (Å²) in [5.41, 5.74) is 8.11. The fourth-order valence-corrected chi connectivity index (χ4v) is 2.83. The first-order valence-corrected chi connectivity index (χ1v) is 7.19. The topological polar surface area (TPSA) is 93.4 Å². The summed E-state index contributed by atoms with van der Waals surface area (Å²) in [7, 11) is 0. The number of rotatable bonds is 4. The summed E-state index contributed by atoms with van der Waals surface area (Å²) in [6.45, 7) is 2.53. The molecular formula is C15H19N3O3. The number of fused-ring (bicyclic) bond motifs is 1. The number of carbonyl (C=O) groups excluding carboxylic acids is 2. The van der Waals surface area contributed by atoms with Crippen LogP contribution in [0.1, 0.15) is 29.3 Å². The smallest absolute Gasteiger partial charge is 0.251 e. The summed E-state index contributed by atoms with van der Waals surface area (Å²) < 4.78 is 5.54. The van der Waals surface area contributed by atoms with Crippen molar-refractivity contribution in [3.63, 3.8) is 0 Å². The van der Waals surface area contributed by atoms with Crippen molar-refractivity contribution in [2.75, 3.05) is 11.9 Å². The Balaban J connectivity index is 1.69. The fraction of sp³-hybridized carbons (Fsp3) is 0.467. The van der Waals surface area contributed by atoms with Crippen molar-refractivity contribution in [2.45, 2.75) is 38.0 Å². The van der Waals surface area contributed by atoms with E-state index in [2.05, 4.69) is 10.6 Å². The Hall–Kier alpha value is -1.92. The fourth-order valence-electron chi connectivity index (χ4n) is 2.83. The molecule has 1 heterocycles. The van der Waals surface area contributed by atoms with Crippen LogP contribution in [0.2, 0.25) is 0 Å². The van der Waals surface area contributed by atoms with E-state index in [0.29, 0.717) is 18.6 Å². The molecule has 6 nitrogen and oxygen atoms in total. The minimum atomic E-state index is -0.179. The molecule has 1 fully saturated rings. The second-order valence-electron chi connectivity index (χ2n) is 5.49. The van der Waals surface area contributed by atoms with Gasteiger partial charge in [-0.25, -0.2) is 0 Å². The van der Waals surface area contributed by atoms with E-state index in [0.717, 1.165) is 17.7 Å². The van der Waals surface area contributed by atoms with Crippen molar-refractivity contribution in [3.05, 3.63) is 29.3 Å². The number of nitrogens with one attached hydrogen (secondary N) is 2. The largest absolute Gasteiger partial charge is 0.376 e. The predicted octanol–water partition coefficient (Wildman–Crippen LogP) is 0.416. The van der Waals surface area contributed by atoms with Crippen LogP contribution in [0.25, 0.3) is 0 Å². The number of hydrogen-bond acceptors (Lipinski definition) is 4. The van der Waals surface area contributed by atoms with E-state index in [1.165, 1.54) is 0 Å². The van der Waals surface area contributed by atoms with Gasteiger partial charge >= 0.3 is 0 Å². The molecule has 3 unspecified atom stereocenters. The van der Waals surface area contributed by atoms with Gasteiger partial charge < -0.3 is 21.1 Å². The molecule has 0 aromatic heterocycles. The van der Waals surface area contributed by atoms with Gasteiger partial charge in [-0.05, 0) is 37.1 Å². The summed E-state index contributed by atoms with van der Waals surface area (Å²) in [4.78, 5) is 23.6. The van der Waals surface area contributed by atoms with E-state index >= 15 is 0 Å². The van der Waals surface area contributed by atoms with Gasteiger partial charge in [0.1, 0.15) is 0 Å². The number of hydrogen-bond donors (Lipinski definition) is 3. The molecule has 112 valence electrons. The van der Waals surface area contributed by atoms with Gasteiger partial charge in [0.15, 0.2) is 0 Å². The number of nitrogens with two attached hydrogens (primary N) is 1. The normalized spacial score (nSPS) is 26.8. The van der Waals surface area contributed by atoms with Gasteiger partial charge in [0.05, 0.1) is 18.6 Å². The molecule has 3 rings (SSSR count). The molecule has 0 saturated heterocycles. The average Bonchev–Trinajstić information content (AvgIpc) is 2.83. The zero-order valence-corrected chi connectivity index (χ0v) is 11.9. The molecule has 2 aliphatic rings. The van der Waals surface area contributed by atoms with Gasteiger partial charge in [0, 0.05) is 23.9 Å². The first-order valence-electron chi connectivity index (χ1n) is 7.19. The van der Waals surface area contributed by atoms with Crippen LogP contribution in [0.4, 0.5) is 5.69 Å². The monoisotopic (exact) mass is 289 g/mol. The third kappa shape index (κ3) is 2.64. The maximum atomic E-state index is 12.3. The average molecular weight is 289 g/mol. The third-order valence-corrected chi connectivity index (χ3v) is 4.04. The molecule has 1 aromatic carbocycles. The Morgan fingerprint density at radius 3 is 3.05 bits per heavy atom. The molecule has 4 N–H and O–H groups in total. The molecule has 3 atom stereocenters. The minimum absolute atomic E-state index is 0.00776. The van der Waals surface area contributed by atoms with E-state index in [4.69, 9.17) is 10.5 Å². The van der Waals surface area contributed by atoms with E-state index in [1.807, 2.05) is 6.92 Å². The Morgan fingerprint density at radius 1 is 1.52 bits per heavy atom. The summed E-state index contributed by atoms with van der Waals surface area (Å²) >= 11 is 0. The number of anilines is 1. The Morgan fingerprint density at radius 2 is 2.33 bits per heavy atom. The van der Waals surface area contributed by atoms with E-state index in [9.17, 15) is 9.59 Å². The standard InChI is InChI=1S/C15H19N3O3/c1-2-21-12-7-10(16)14(12)18-15(20)8-3-4-11-9(5-8)6-13(19)17-11/h3-5,10,12,14H,2,6-7,16H2,1H3,(H,17,19)(H,18,20). The lowest BCUT2D eigenvalue weighted by Crippen LogP contribution is -2.64. The van der Waals surface area contributed by atoms with Gasteiger partial charge in [-0.15, -0.1) is 0 Å². The highest BCUT2D eigenvalue weighted by Gasteiger charge is 2.40. The van der Waals surface area contributed by atoms with Crippen LogP contribution in [-0.2, 0) is 16.0 Å². The molecule has 1 aromatic rings. The summed E-state index contributed by atoms with van der Waals surface area (Å²) in [6.07, 6.45) is 1.08. The van der Waals surface area contributed by atoms with Crippen molar-refractivity contribution in [2.24, 2.45) is 5.73 Å². The summed E-state index contributed by atoms with van der Waals surface area (Å²) in [6, 6.07) is 5.01. The number of ether oxygens (including phenoxy) is 1. The second-order valence-corrected chi connectivity index (χ2v) is 5.49. The van der Waals surface area contributed by atoms with Crippen LogP contribution in [0.3, 0.4) is 0 Å². The minimum Gasteiger partial charge on any atom is -0.376 e. The maximum Gasteiger partial charge on any atom is 0.251 e. The Labute approximate surface area is 123 Å². The van der Waals surface area contributed by atoms with Crippen LogP contribution in [0.5, 0.6) is 0 Å². The summed E-state index contributed by atoms with van der Waals surface area (Å²) in [5.74, 6) is -0.220. The Bertz CT molecular complexity index is 586. The third-order valence-electron chi connectivity index (χ3n) is 4.04. The highest BCUT2D eigenvalue weighted by Crippen LogP contribution is 2.25. The van der Waals surface area contributed by atoms with Crippen LogP contribution in [0.15, 0.2) is 18.2 Å². The molecule has 6 heteroatoms. The summed E-state index contributed by atoms with van der Waals surface area (Å²) in [5, 5.41) is 5.67. The molecule has 2 amide bonds. The highest BCUT2D eigenvalue weighted by atomic mass is 16.5. The van der Waals surface area contributed by atoms with Crippen LogP contribution in [0, 0.1) is 0 Å². The molecule has 0 spiro atoms. The Kier molecular flexibility index (Phi) is 3.65. The van der Waals surface area contributed by atoms with Gasteiger partial charge in [-0.1, -0.05) is 0 Å². The van der Waals surface area contributed by atoms with Gasteiger partial charge in [0.2, 0.25) is 5.91 Å². The lowest BCUT2D eigenvalue weighted by atomic mass is 9.83. The molecule has 21 heavy (non-hydrogen) atoms. The quantitative estimate of drug-likeness (QED) is 0.748. The van der Waals surface area contributed by atoms with Gasteiger partial charge in [-0.2, -0.15) is 0 Å². The van der Waals surface area contributed by atoms with Crippen molar-refractivity contribution in [1.29, 1.82) is 0 Å². The van der Waals surface area contributed by atoms with Crippen molar-refractivity contribution < 1.29 is 14.3 Å². The van der Waals surface area contributed by atoms with Crippen LogP contribution in [-0.4, -0.2) is 36.6 Å². The van der Waals surface area contributed by atoms with E-state index < -0.39 is 0 Å². The maximum absolute atomic E-state index is 12.3. The highest BCUT2D eigenvalue weighted by molar-refractivity contribution is 6.01. The molecular weight excluding hydrogens is 270 g/mol. The van der Waals surface area contributed by atoms with Crippen molar-refractivity contribution in [3.8, 4) is 0 Å². The predicted molar refractivity (Wildman–Crippen MR) is 78.0 cm³/mol. The number of benzene rings is 1. The first-order chi connectivity index (χ1) is 10.1. The molecule has 0 bridgehead atoms. The number of carbonyl (C=O) groups is 2. The second kappa shape index (κ2) is 5.46. The number of amides is 2. The van der Waals surface area contributed by atoms with Crippen molar-refractivity contribution >= 4 is 17.5 Å². The first kappa shape index (κ1) is 14.0. The van der Waals surface area contributed by atoms with E-state index in [-0.39, 0.29) is 30.0 Å².